The third-order valence-corrected chi connectivity index (χ3v) is 5.40. The van der Waals surface area contributed by atoms with E-state index in [2.05, 4.69) is 20.7 Å². The molecule has 2 amide bonds. The molecule has 1 aliphatic carbocycles. The Morgan fingerprint density at radius 3 is 2.56 bits per heavy atom. The highest BCUT2D eigenvalue weighted by Crippen LogP contribution is 2.51. The van der Waals surface area contributed by atoms with Gasteiger partial charge in [-0.25, -0.2) is 0 Å². The maximum atomic E-state index is 12.4. The second-order valence-corrected chi connectivity index (χ2v) is 7.41. The van der Waals surface area contributed by atoms with Crippen molar-refractivity contribution in [3.05, 3.63) is 0 Å². The smallest absolute Gasteiger partial charge is 0.356 e. The number of Topliss-reactive ketones (excluding diaryl/α,β-unsaturated/α-hetero) is 1. The van der Waals surface area contributed by atoms with Gasteiger partial charge in [-0.2, -0.15) is 0 Å². The fourth-order valence-corrected chi connectivity index (χ4v) is 3.61. The molecule has 1 saturated carbocycles. The van der Waals surface area contributed by atoms with Gasteiger partial charge in [0.2, 0.25) is 11.8 Å². The molecule has 154 valence electrons. The Labute approximate surface area is 160 Å². The Morgan fingerprint density at radius 1 is 1.33 bits per heavy atom. The van der Waals surface area contributed by atoms with Crippen molar-refractivity contribution in [3.8, 4) is 0 Å². The van der Waals surface area contributed by atoms with Crippen molar-refractivity contribution in [2.24, 2.45) is 11.3 Å². The Kier molecular flexibility index (Phi) is 6.75. The van der Waals surface area contributed by atoms with Crippen LogP contribution in [0.4, 0.5) is 13.2 Å². The SMILES string of the molecule is Cl.O=C1NCC[C@H]1C[C@H](NC(=O)[C@@H]1CC2(CC2)CN1)C(=O)COC(F)(F)F. The van der Waals surface area contributed by atoms with Crippen LogP contribution in [0.25, 0.3) is 0 Å². The monoisotopic (exact) mass is 413 g/mol. The zero-order valence-electron chi connectivity index (χ0n) is 14.6. The van der Waals surface area contributed by atoms with E-state index in [1.54, 1.807) is 0 Å². The van der Waals surface area contributed by atoms with Crippen LogP contribution in [0.3, 0.4) is 0 Å². The summed E-state index contributed by atoms with van der Waals surface area (Å²) in [5.41, 5.74) is 0.159. The molecule has 3 aliphatic rings. The predicted molar refractivity (Wildman–Crippen MR) is 90.0 cm³/mol. The lowest BCUT2D eigenvalue weighted by Crippen LogP contribution is -2.50. The normalized spacial score (nSPS) is 27.0. The third-order valence-electron chi connectivity index (χ3n) is 5.40. The molecule has 3 atom stereocenters. The lowest BCUT2D eigenvalue weighted by Gasteiger charge is -2.22. The molecule has 1 spiro atoms. The van der Waals surface area contributed by atoms with Gasteiger partial charge in [-0.3, -0.25) is 19.1 Å². The third kappa shape index (κ3) is 5.79. The van der Waals surface area contributed by atoms with Crippen LogP contribution in [0.1, 0.15) is 32.1 Å². The van der Waals surface area contributed by atoms with Gasteiger partial charge in [0.05, 0.1) is 12.1 Å². The summed E-state index contributed by atoms with van der Waals surface area (Å²) < 4.78 is 40.2. The largest absolute Gasteiger partial charge is 0.522 e. The van der Waals surface area contributed by atoms with Gasteiger partial charge in [0, 0.05) is 19.0 Å². The summed E-state index contributed by atoms with van der Waals surface area (Å²) in [6.07, 6.45) is -1.73. The average molecular weight is 414 g/mol. The standard InChI is InChI=1S/C16H22F3N3O4.ClH/c17-16(18,19)26-7-12(23)10(5-9-1-4-20-13(9)24)22-14(25)11-6-15(2-3-15)8-21-11;/h9-11,21H,1-8H2,(H,20,24)(H,22,25);1H/t9-,10-,11-;/m0./s1. The van der Waals surface area contributed by atoms with E-state index in [9.17, 15) is 27.6 Å². The number of hydrogen-bond acceptors (Lipinski definition) is 5. The van der Waals surface area contributed by atoms with E-state index in [1.807, 2.05) is 0 Å². The quantitative estimate of drug-likeness (QED) is 0.570. The number of nitrogens with one attached hydrogen (secondary N) is 3. The van der Waals surface area contributed by atoms with E-state index in [1.165, 1.54) is 0 Å². The van der Waals surface area contributed by atoms with Crippen molar-refractivity contribution < 1.29 is 32.3 Å². The number of hydrogen-bond donors (Lipinski definition) is 3. The molecule has 0 aromatic carbocycles. The van der Waals surface area contributed by atoms with Gasteiger partial charge in [-0.15, -0.1) is 25.6 Å². The number of ketones is 1. The first kappa shape index (κ1) is 21.9. The van der Waals surface area contributed by atoms with Crippen molar-refractivity contribution in [1.82, 2.24) is 16.0 Å². The molecular formula is C16H23ClF3N3O4. The molecule has 7 nitrogen and oxygen atoms in total. The summed E-state index contributed by atoms with van der Waals surface area (Å²) in [7, 11) is 0. The minimum atomic E-state index is -4.93. The number of halogens is 4. The first-order valence-electron chi connectivity index (χ1n) is 8.72. The highest BCUT2D eigenvalue weighted by Gasteiger charge is 2.50. The van der Waals surface area contributed by atoms with Crippen LogP contribution in [-0.2, 0) is 19.1 Å². The van der Waals surface area contributed by atoms with Gasteiger partial charge >= 0.3 is 6.36 Å². The topological polar surface area (TPSA) is 96.5 Å². The van der Waals surface area contributed by atoms with Gasteiger partial charge < -0.3 is 16.0 Å². The summed E-state index contributed by atoms with van der Waals surface area (Å²) in [6, 6.07) is -1.65. The Hall–Kier alpha value is -1.39. The van der Waals surface area contributed by atoms with E-state index < -0.39 is 42.7 Å². The molecular weight excluding hydrogens is 391 g/mol. The molecule has 0 unspecified atom stereocenters. The molecule has 0 bridgehead atoms. The molecule has 0 aromatic heterocycles. The highest BCUT2D eigenvalue weighted by atomic mass is 35.5. The molecule has 2 saturated heterocycles. The van der Waals surface area contributed by atoms with Crippen LogP contribution in [0.5, 0.6) is 0 Å². The number of carbonyl (C=O) groups is 3. The maximum absolute atomic E-state index is 12.4. The van der Waals surface area contributed by atoms with E-state index in [4.69, 9.17) is 0 Å². The zero-order chi connectivity index (χ0) is 18.9. The van der Waals surface area contributed by atoms with Crippen molar-refractivity contribution in [1.29, 1.82) is 0 Å². The second kappa shape index (κ2) is 8.32. The Balaban J connectivity index is 0.00000261. The Bertz CT molecular complexity index is 598. The molecule has 11 heteroatoms. The van der Waals surface area contributed by atoms with E-state index >= 15 is 0 Å². The zero-order valence-corrected chi connectivity index (χ0v) is 15.4. The molecule has 27 heavy (non-hydrogen) atoms. The van der Waals surface area contributed by atoms with Gasteiger partial charge in [-0.05, 0) is 37.5 Å². The fraction of sp³-hybridized carbons (Fsp3) is 0.812. The maximum Gasteiger partial charge on any atom is 0.522 e. The van der Waals surface area contributed by atoms with Crippen molar-refractivity contribution in [2.45, 2.75) is 50.6 Å². The fourth-order valence-electron chi connectivity index (χ4n) is 3.61. The van der Waals surface area contributed by atoms with Crippen LogP contribution in [-0.4, -0.2) is 55.7 Å². The van der Waals surface area contributed by atoms with Gasteiger partial charge in [0.1, 0.15) is 6.61 Å². The van der Waals surface area contributed by atoms with Crippen LogP contribution in [0.15, 0.2) is 0 Å². The van der Waals surface area contributed by atoms with Crippen molar-refractivity contribution in [3.63, 3.8) is 0 Å². The first-order chi connectivity index (χ1) is 12.2. The van der Waals surface area contributed by atoms with Crippen LogP contribution >= 0.6 is 12.4 Å². The summed E-state index contributed by atoms with van der Waals surface area (Å²) >= 11 is 0. The molecule has 2 heterocycles. The number of rotatable bonds is 7. The number of alkyl halides is 3. The second-order valence-electron chi connectivity index (χ2n) is 7.41. The first-order valence-corrected chi connectivity index (χ1v) is 8.72. The lowest BCUT2D eigenvalue weighted by atomic mass is 9.95. The van der Waals surface area contributed by atoms with Crippen molar-refractivity contribution >= 4 is 30.0 Å². The van der Waals surface area contributed by atoms with Gasteiger partial charge in [-0.1, -0.05) is 0 Å². The van der Waals surface area contributed by atoms with E-state index in [0.717, 1.165) is 19.4 Å². The van der Waals surface area contributed by atoms with Crippen molar-refractivity contribution in [2.75, 3.05) is 19.7 Å². The van der Waals surface area contributed by atoms with E-state index in [0.29, 0.717) is 19.4 Å². The molecule has 3 rings (SSSR count). The predicted octanol–water partition coefficient (Wildman–Crippen LogP) is 0.667. The summed E-state index contributed by atoms with van der Waals surface area (Å²) in [5, 5.41) is 8.24. The molecule has 0 radical (unpaired) electrons. The number of carbonyl (C=O) groups excluding carboxylic acids is 3. The molecule has 3 fully saturated rings. The van der Waals surface area contributed by atoms with E-state index in [-0.39, 0.29) is 30.2 Å². The number of ether oxygens (including phenoxy) is 1. The van der Waals surface area contributed by atoms with Gasteiger partial charge in [0.25, 0.3) is 0 Å². The minimum Gasteiger partial charge on any atom is -0.356 e. The van der Waals surface area contributed by atoms with Crippen LogP contribution in [0, 0.1) is 11.3 Å². The summed E-state index contributed by atoms with van der Waals surface area (Å²) in [5.74, 6) is -2.08. The molecule has 2 aliphatic heterocycles. The summed E-state index contributed by atoms with van der Waals surface area (Å²) in [6.45, 7) is -0.0131. The van der Waals surface area contributed by atoms with Gasteiger partial charge in [0.15, 0.2) is 5.78 Å². The average Bonchev–Trinajstić information content (AvgIpc) is 2.98. The molecule has 0 aromatic rings. The highest BCUT2D eigenvalue weighted by molar-refractivity contribution is 5.92. The molecule has 3 N–H and O–H groups in total. The van der Waals surface area contributed by atoms with Crippen LogP contribution < -0.4 is 16.0 Å². The summed E-state index contributed by atoms with van der Waals surface area (Å²) in [4.78, 5) is 36.4. The van der Waals surface area contributed by atoms with Crippen LogP contribution in [0.2, 0.25) is 0 Å². The minimum absolute atomic E-state index is 0. The Morgan fingerprint density at radius 2 is 2.04 bits per heavy atom. The number of amides is 2. The lowest BCUT2D eigenvalue weighted by molar-refractivity contribution is -0.321.